The van der Waals surface area contributed by atoms with Crippen molar-refractivity contribution in [3.05, 3.63) is 27.6 Å². The second kappa shape index (κ2) is 8.47. The van der Waals surface area contributed by atoms with Crippen molar-refractivity contribution in [1.82, 2.24) is 4.57 Å². The molecule has 1 atom stereocenters. The first kappa shape index (κ1) is 18.3. The van der Waals surface area contributed by atoms with Crippen LogP contribution in [0.3, 0.4) is 0 Å². The van der Waals surface area contributed by atoms with Crippen molar-refractivity contribution in [2.24, 2.45) is 12.8 Å². The highest BCUT2D eigenvalue weighted by atomic mass is 35.5. The number of anilines is 1. The van der Waals surface area contributed by atoms with E-state index >= 15 is 0 Å². The Morgan fingerprint density at radius 2 is 2.26 bits per heavy atom. The summed E-state index contributed by atoms with van der Waals surface area (Å²) >= 11 is 7.38. The molecule has 1 aromatic rings. The van der Waals surface area contributed by atoms with Crippen molar-refractivity contribution in [2.45, 2.75) is 12.5 Å². The van der Waals surface area contributed by atoms with Crippen molar-refractivity contribution in [3.8, 4) is 0 Å². The van der Waals surface area contributed by atoms with Crippen LogP contribution < -0.4 is 16.6 Å². The Morgan fingerprint density at radius 3 is 2.79 bits per heavy atom. The fraction of sp³-hybridized carbons (Fsp3) is 0.455. The standard InChI is InChI=1S/C11H16ClN3O2S.ClH/c1-15-6-7(5-8(12)11(15)17)14-10(16)9(13)3-4-18-2;/h5-6,9H,3-4,13H2,1-2H3,(H,14,16);1H/t9-;/m0./s1. The molecule has 19 heavy (non-hydrogen) atoms. The summed E-state index contributed by atoms with van der Waals surface area (Å²) < 4.78 is 1.31. The van der Waals surface area contributed by atoms with Gasteiger partial charge in [-0.2, -0.15) is 11.8 Å². The Hall–Kier alpha value is -0.690. The Bertz CT molecular complexity index is 467. The van der Waals surface area contributed by atoms with Gasteiger partial charge in [0.05, 0.1) is 11.7 Å². The topological polar surface area (TPSA) is 77.1 Å². The molecule has 0 saturated carbocycles. The maximum Gasteiger partial charge on any atom is 0.269 e. The molecule has 0 aromatic carbocycles. The molecule has 0 saturated heterocycles. The third-order valence-corrected chi connectivity index (χ3v) is 3.29. The van der Waals surface area contributed by atoms with Crippen molar-refractivity contribution < 1.29 is 4.79 Å². The van der Waals surface area contributed by atoms with E-state index in [0.29, 0.717) is 12.1 Å². The molecule has 1 rings (SSSR count). The van der Waals surface area contributed by atoms with Crippen LogP contribution in [0, 0.1) is 0 Å². The molecule has 5 nitrogen and oxygen atoms in total. The molecule has 0 spiro atoms. The summed E-state index contributed by atoms with van der Waals surface area (Å²) in [6, 6.07) is 0.858. The smallest absolute Gasteiger partial charge is 0.269 e. The number of aryl methyl sites for hydroxylation is 1. The quantitative estimate of drug-likeness (QED) is 0.859. The number of hydrogen-bond donors (Lipinski definition) is 2. The summed E-state index contributed by atoms with van der Waals surface area (Å²) in [7, 11) is 1.57. The number of nitrogens with zero attached hydrogens (tertiary/aromatic N) is 1. The lowest BCUT2D eigenvalue weighted by atomic mass is 10.2. The van der Waals surface area contributed by atoms with Crippen molar-refractivity contribution in [3.63, 3.8) is 0 Å². The van der Waals surface area contributed by atoms with Crippen LogP contribution in [0.4, 0.5) is 5.69 Å². The summed E-state index contributed by atoms with van der Waals surface area (Å²) in [5, 5.41) is 2.71. The number of amides is 1. The fourth-order valence-corrected chi connectivity index (χ4v) is 2.09. The third kappa shape index (κ3) is 5.44. The predicted molar refractivity (Wildman–Crippen MR) is 83.5 cm³/mol. The van der Waals surface area contributed by atoms with Crippen LogP contribution in [0.1, 0.15) is 6.42 Å². The van der Waals surface area contributed by atoms with Gasteiger partial charge >= 0.3 is 0 Å². The zero-order chi connectivity index (χ0) is 13.7. The number of carbonyl (C=O) groups excluding carboxylic acids is 1. The first-order valence-electron chi connectivity index (χ1n) is 5.37. The van der Waals surface area contributed by atoms with Crippen LogP contribution >= 0.6 is 35.8 Å². The van der Waals surface area contributed by atoms with Gasteiger partial charge in [0.25, 0.3) is 5.56 Å². The van der Waals surface area contributed by atoms with Crippen LogP contribution in [0.2, 0.25) is 5.02 Å². The van der Waals surface area contributed by atoms with Crippen LogP contribution in [0.5, 0.6) is 0 Å². The minimum Gasteiger partial charge on any atom is -0.323 e. The summed E-state index contributed by atoms with van der Waals surface area (Å²) in [6.45, 7) is 0. The van der Waals surface area contributed by atoms with Crippen molar-refractivity contribution in [2.75, 3.05) is 17.3 Å². The number of carbonyl (C=O) groups is 1. The predicted octanol–water partition coefficient (Wildman–Crippen LogP) is 1.48. The van der Waals surface area contributed by atoms with E-state index in [4.69, 9.17) is 17.3 Å². The Balaban J connectivity index is 0.00000324. The van der Waals surface area contributed by atoms with Crippen LogP contribution in [0.15, 0.2) is 17.1 Å². The normalized spacial score (nSPS) is 11.6. The highest BCUT2D eigenvalue weighted by molar-refractivity contribution is 7.98. The lowest BCUT2D eigenvalue weighted by Gasteiger charge is -2.12. The summed E-state index contributed by atoms with van der Waals surface area (Å²) in [6.07, 6.45) is 4.07. The molecule has 108 valence electrons. The number of nitrogens with one attached hydrogen (secondary N) is 1. The van der Waals surface area contributed by atoms with Crippen molar-refractivity contribution in [1.29, 1.82) is 0 Å². The van der Waals surface area contributed by atoms with Gasteiger partial charge in [-0.15, -0.1) is 12.4 Å². The van der Waals surface area contributed by atoms with E-state index in [2.05, 4.69) is 5.32 Å². The van der Waals surface area contributed by atoms with Gasteiger partial charge in [-0.05, 0) is 24.5 Å². The number of rotatable bonds is 5. The van der Waals surface area contributed by atoms with Crippen LogP contribution in [-0.4, -0.2) is 28.5 Å². The molecule has 1 amide bonds. The van der Waals surface area contributed by atoms with Gasteiger partial charge in [-0.3, -0.25) is 9.59 Å². The van der Waals surface area contributed by atoms with E-state index in [1.807, 2.05) is 6.26 Å². The van der Waals surface area contributed by atoms with Crippen LogP contribution in [0.25, 0.3) is 0 Å². The van der Waals surface area contributed by atoms with Gasteiger partial charge in [0.2, 0.25) is 5.91 Å². The first-order valence-corrected chi connectivity index (χ1v) is 7.14. The number of hydrogen-bond acceptors (Lipinski definition) is 4. The molecule has 3 N–H and O–H groups in total. The zero-order valence-corrected chi connectivity index (χ0v) is 13.1. The van der Waals surface area contributed by atoms with E-state index in [0.717, 1.165) is 5.75 Å². The molecule has 0 fully saturated rings. The van der Waals surface area contributed by atoms with Crippen LogP contribution in [-0.2, 0) is 11.8 Å². The van der Waals surface area contributed by atoms with Gasteiger partial charge in [0, 0.05) is 13.2 Å². The summed E-state index contributed by atoms with van der Waals surface area (Å²) in [5.74, 6) is 0.543. The lowest BCUT2D eigenvalue weighted by Crippen LogP contribution is -2.36. The maximum absolute atomic E-state index is 11.7. The van der Waals surface area contributed by atoms with Gasteiger partial charge in [0.1, 0.15) is 5.02 Å². The molecule has 1 aromatic heterocycles. The summed E-state index contributed by atoms with van der Waals surface area (Å²) in [5.41, 5.74) is 5.89. The fourth-order valence-electron chi connectivity index (χ4n) is 1.35. The minimum atomic E-state index is -0.562. The molecule has 0 radical (unpaired) electrons. The molecule has 0 bridgehead atoms. The maximum atomic E-state index is 11.7. The molecule has 8 heteroatoms. The number of aromatic nitrogens is 1. The van der Waals surface area contributed by atoms with Gasteiger partial charge in [0.15, 0.2) is 0 Å². The van der Waals surface area contributed by atoms with Gasteiger partial charge in [-0.25, -0.2) is 0 Å². The average Bonchev–Trinajstić information content (AvgIpc) is 2.32. The lowest BCUT2D eigenvalue weighted by molar-refractivity contribution is -0.117. The molecule has 0 aliphatic carbocycles. The number of thioether (sulfide) groups is 1. The van der Waals surface area contributed by atoms with E-state index in [9.17, 15) is 9.59 Å². The Morgan fingerprint density at radius 1 is 1.63 bits per heavy atom. The minimum absolute atomic E-state index is 0. The first-order chi connectivity index (χ1) is 8.45. The SMILES string of the molecule is CSCC[C@H](N)C(=O)Nc1cc(Cl)c(=O)n(C)c1.Cl. The Labute approximate surface area is 127 Å². The third-order valence-electron chi connectivity index (χ3n) is 2.38. The van der Waals surface area contributed by atoms with E-state index in [1.54, 1.807) is 18.8 Å². The number of pyridine rings is 1. The molecule has 1 heterocycles. The average molecular weight is 326 g/mol. The molecule has 0 aliphatic rings. The van der Waals surface area contributed by atoms with Gasteiger partial charge < -0.3 is 15.6 Å². The second-order valence-electron chi connectivity index (χ2n) is 3.87. The molecule has 0 aliphatic heterocycles. The highest BCUT2D eigenvalue weighted by Gasteiger charge is 2.13. The zero-order valence-electron chi connectivity index (χ0n) is 10.7. The van der Waals surface area contributed by atoms with Gasteiger partial charge in [-0.1, -0.05) is 11.6 Å². The second-order valence-corrected chi connectivity index (χ2v) is 5.26. The largest absolute Gasteiger partial charge is 0.323 e. The highest BCUT2D eigenvalue weighted by Crippen LogP contribution is 2.11. The molecule has 0 unspecified atom stereocenters. The van der Waals surface area contributed by atoms with Crippen molar-refractivity contribution >= 4 is 47.4 Å². The number of nitrogens with two attached hydrogens (primary N) is 1. The number of halogens is 2. The molecular weight excluding hydrogens is 309 g/mol. The monoisotopic (exact) mass is 325 g/mol. The Kier molecular flexibility index (Phi) is 8.17. The van der Waals surface area contributed by atoms with E-state index in [-0.39, 0.29) is 28.9 Å². The summed E-state index contributed by atoms with van der Waals surface area (Å²) in [4.78, 5) is 23.1. The van der Waals surface area contributed by atoms with E-state index in [1.165, 1.54) is 16.8 Å². The van der Waals surface area contributed by atoms with E-state index < -0.39 is 6.04 Å². The molecular formula is C11H17Cl2N3O2S.